The van der Waals surface area contributed by atoms with Gasteiger partial charge in [-0.25, -0.2) is 9.48 Å². The van der Waals surface area contributed by atoms with Crippen LogP contribution in [0, 0.1) is 0 Å². The molecular weight excluding hydrogens is 344 g/mol. The van der Waals surface area contributed by atoms with Gasteiger partial charge in [0.25, 0.3) is 5.56 Å². The highest BCUT2D eigenvalue weighted by Crippen LogP contribution is 2.16. The zero-order chi connectivity index (χ0) is 19.6. The molecule has 0 unspecified atom stereocenters. The summed E-state index contributed by atoms with van der Waals surface area (Å²) in [5.74, 6) is -0.669. The van der Waals surface area contributed by atoms with E-state index in [-0.39, 0.29) is 17.0 Å². The number of ether oxygens (including phenoxy) is 1. The maximum Gasteiger partial charge on any atom is 0.359 e. The third-order valence-corrected chi connectivity index (χ3v) is 4.38. The summed E-state index contributed by atoms with van der Waals surface area (Å²) in [6.07, 6.45) is 0. The average molecular weight is 364 g/mol. The zero-order valence-corrected chi connectivity index (χ0v) is 15.4. The molecule has 0 saturated heterocycles. The monoisotopic (exact) mass is 364 g/mol. The summed E-state index contributed by atoms with van der Waals surface area (Å²) in [5, 5.41) is 4.78. The van der Waals surface area contributed by atoms with Crippen molar-refractivity contribution in [2.75, 3.05) is 6.61 Å². The van der Waals surface area contributed by atoms with Gasteiger partial charge in [-0.15, -0.1) is 0 Å². The summed E-state index contributed by atoms with van der Waals surface area (Å²) in [7, 11) is 1.47. The molecule has 3 rings (SSSR count). The second-order valence-corrected chi connectivity index (χ2v) is 6.60. The van der Waals surface area contributed by atoms with Crippen LogP contribution in [-0.2, 0) is 11.8 Å². The highest BCUT2D eigenvalue weighted by Gasteiger charge is 2.18. The summed E-state index contributed by atoms with van der Waals surface area (Å²) < 4.78 is 6.25. The molecule has 0 atom stereocenters. The SMILES string of the molecule is CC(C)c1ccc(C(=O)COC(=O)c2nn(C)c(=O)c3ccccc23)cc1. The topological polar surface area (TPSA) is 78.3 Å². The third kappa shape index (κ3) is 3.79. The van der Waals surface area contributed by atoms with Crippen LogP contribution in [0.25, 0.3) is 10.8 Å². The minimum absolute atomic E-state index is 0.00987. The number of rotatable bonds is 5. The Bertz CT molecular complexity index is 1070. The van der Waals surface area contributed by atoms with Crippen LogP contribution in [0.3, 0.4) is 0 Å². The van der Waals surface area contributed by atoms with Crippen LogP contribution >= 0.6 is 0 Å². The van der Waals surface area contributed by atoms with E-state index in [1.54, 1.807) is 36.4 Å². The Balaban J connectivity index is 1.78. The highest BCUT2D eigenvalue weighted by molar-refractivity contribution is 6.04. The molecule has 27 heavy (non-hydrogen) atoms. The standard InChI is InChI=1S/C21H20N2O4/c1-13(2)14-8-10-15(11-9-14)18(24)12-27-21(26)19-16-6-4-5-7-17(16)20(25)23(3)22-19/h4-11,13H,12H2,1-3H3. The number of hydrogen-bond donors (Lipinski definition) is 0. The van der Waals surface area contributed by atoms with Crippen LogP contribution in [0.2, 0.25) is 0 Å². The largest absolute Gasteiger partial charge is 0.452 e. The van der Waals surface area contributed by atoms with Crippen molar-refractivity contribution in [1.29, 1.82) is 0 Å². The first-order chi connectivity index (χ1) is 12.9. The van der Waals surface area contributed by atoms with E-state index in [2.05, 4.69) is 18.9 Å². The van der Waals surface area contributed by atoms with Gasteiger partial charge in [0.05, 0.1) is 5.39 Å². The molecule has 0 fully saturated rings. The number of esters is 1. The van der Waals surface area contributed by atoms with E-state index in [4.69, 9.17) is 4.74 Å². The molecule has 0 spiro atoms. The quantitative estimate of drug-likeness (QED) is 0.513. The number of aromatic nitrogens is 2. The molecule has 3 aromatic rings. The number of ketones is 1. The van der Waals surface area contributed by atoms with Gasteiger partial charge in [-0.1, -0.05) is 56.3 Å². The number of hydrogen-bond acceptors (Lipinski definition) is 5. The van der Waals surface area contributed by atoms with E-state index in [9.17, 15) is 14.4 Å². The van der Waals surface area contributed by atoms with Gasteiger partial charge in [0, 0.05) is 18.0 Å². The van der Waals surface area contributed by atoms with Crippen LogP contribution in [0.5, 0.6) is 0 Å². The van der Waals surface area contributed by atoms with Crippen molar-refractivity contribution in [2.24, 2.45) is 7.05 Å². The maximum absolute atomic E-state index is 12.4. The van der Waals surface area contributed by atoms with Crippen molar-refractivity contribution in [3.63, 3.8) is 0 Å². The van der Waals surface area contributed by atoms with Gasteiger partial charge >= 0.3 is 5.97 Å². The van der Waals surface area contributed by atoms with Crippen LogP contribution in [0.15, 0.2) is 53.3 Å². The first-order valence-electron chi connectivity index (χ1n) is 8.65. The van der Waals surface area contributed by atoms with Crippen molar-refractivity contribution >= 4 is 22.5 Å². The van der Waals surface area contributed by atoms with Gasteiger partial charge in [-0.05, 0) is 17.5 Å². The van der Waals surface area contributed by atoms with Crippen molar-refractivity contribution in [1.82, 2.24) is 9.78 Å². The lowest BCUT2D eigenvalue weighted by Gasteiger charge is -2.09. The molecule has 0 radical (unpaired) electrons. The van der Waals surface area contributed by atoms with E-state index in [1.165, 1.54) is 7.05 Å². The Kier molecular flexibility index (Phi) is 5.16. The minimum Gasteiger partial charge on any atom is -0.452 e. The van der Waals surface area contributed by atoms with Crippen molar-refractivity contribution < 1.29 is 14.3 Å². The van der Waals surface area contributed by atoms with Crippen molar-refractivity contribution in [2.45, 2.75) is 19.8 Å². The lowest BCUT2D eigenvalue weighted by molar-refractivity contribution is 0.0469. The average Bonchev–Trinajstić information content (AvgIpc) is 2.68. The summed E-state index contributed by atoms with van der Waals surface area (Å²) in [6, 6.07) is 13.9. The van der Waals surface area contributed by atoms with Crippen LogP contribution in [0.1, 0.15) is 46.2 Å². The van der Waals surface area contributed by atoms with E-state index in [1.807, 2.05) is 12.1 Å². The van der Waals surface area contributed by atoms with Gasteiger partial charge in [-0.3, -0.25) is 9.59 Å². The van der Waals surface area contributed by atoms with Crippen LogP contribution < -0.4 is 5.56 Å². The fraction of sp³-hybridized carbons (Fsp3) is 0.238. The minimum atomic E-state index is -0.742. The molecule has 0 aliphatic heterocycles. The van der Waals surface area contributed by atoms with Crippen molar-refractivity contribution in [3.05, 3.63) is 75.7 Å². The smallest absolute Gasteiger partial charge is 0.359 e. The Morgan fingerprint density at radius 3 is 2.30 bits per heavy atom. The lowest BCUT2D eigenvalue weighted by Crippen LogP contribution is -2.24. The summed E-state index contributed by atoms with van der Waals surface area (Å²) >= 11 is 0. The molecule has 0 saturated carbocycles. The number of aryl methyl sites for hydroxylation is 1. The van der Waals surface area contributed by atoms with Crippen molar-refractivity contribution in [3.8, 4) is 0 Å². The molecule has 0 amide bonds. The third-order valence-electron chi connectivity index (χ3n) is 4.38. The molecule has 1 heterocycles. The number of nitrogens with zero attached hydrogens (tertiary/aromatic N) is 2. The summed E-state index contributed by atoms with van der Waals surface area (Å²) in [5.41, 5.74) is 1.31. The Hall–Kier alpha value is -3.28. The molecule has 1 aromatic heterocycles. The van der Waals surface area contributed by atoms with Crippen LogP contribution in [0.4, 0.5) is 0 Å². The normalized spacial score (nSPS) is 11.0. The predicted molar refractivity (Wildman–Crippen MR) is 102 cm³/mol. The van der Waals surface area contributed by atoms with Gasteiger partial charge in [0.15, 0.2) is 18.1 Å². The second-order valence-electron chi connectivity index (χ2n) is 6.60. The maximum atomic E-state index is 12.4. The summed E-state index contributed by atoms with van der Waals surface area (Å²) in [6.45, 7) is 3.75. The molecule has 138 valence electrons. The number of carbonyl (C=O) groups excluding carboxylic acids is 2. The molecule has 2 aromatic carbocycles. The molecule has 0 N–H and O–H groups in total. The molecular formula is C21H20N2O4. The lowest BCUT2D eigenvalue weighted by atomic mass is 10.0. The molecule has 0 aliphatic carbocycles. The number of fused-ring (bicyclic) bond motifs is 1. The Morgan fingerprint density at radius 2 is 1.67 bits per heavy atom. The van der Waals surface area contributed by atoms with E-state index in [0.29, 0.717) is 22.3 Å². The molecule has 6 heteroatoms. The summed E-state index contributed by atoms with van der Waals surface area (Å²) in [4.78, 5) is 36.9. The van der Waals surface area contributed by atoms with Gasteiger partial charge in [0.2, 0.25) is 0 Å². The zero-order valence-electron chi connectivity index (χ0n) is 15.4. The Morgan fingerprint density at radius 1 is 1.04 bits per heavy atom. The fourth-order valence-corrected chi connectivity index (χ4v) is 2.79. The van der Waals surface area contributed by atoms with Gasteiger partial charge in [-0.2, -0.15) is 5.10 Å². The van der Waals surface area contributed by atoms with Crippen LogP contribution in [-0.4, -0.2) is 28.1 Å². The fourth-order valence-electron chi connectivity index (χ4n) is 2.79. The number of benzene rings is 2. The van der Waals surface area contributed by atoms with E-state index in [0.717, 1.165) is 10.2 Å². The second kappa shape index (κ2) is 7.53. The van der Waals surface area contributed by atoms with Gasteiger partial charge < -0.3 is 4.74 Å². The first kappa shape index (κ1) is 18.5. The van der Waals surface area contributed by atoms with E-state index < -0.39 is 12.6 Å². The molecule has 6 nitrogen and oxygen atoms in total. The van der Waals surface area contributed by atoms with Gasteiger partial charge in [0.1, 0.15) is 0 Å². The van der Waals surface area contributed by atoms with E-state index >= 15 is 0 Å². The number of carbonyl (C=O) groups is 2. The highest BCUT2D eigenvalue weighted by atomic mass is 16.5. The Labute approximate surface area is 156 Å². The predicted octanol–water partition coefficient (Wildman–Crippen LogP) is 3.10. The first-order valence-corrected chi connectivity index (χ1v) is 8.65. The molecule has 0 bridgehead atoms. The molecule has 0 aliphatic rings. The number of Topliss-reactive ketones (excluding diaryl/α,β-unsaturated/α-hetero) is 1.